The van der Waals surface area contributed by atoms with Crippen molar-refractivity contribution in [2.45, 2.75) is 40.2 Å². The van der Waals surface area contributed by atoms with Gasteiger partial charge in [0.15, 0.2) is 0 Å². The fourth-order valence-corrected chi connectivity index (χ4v) is 5.53. The molecule has 1 aliphatic heterocycles. The zero-order valence-electron chi connectivity index (χ0n) is 21.8. The number of furan rings is 1. The Morgan fingerprint density at radius 3 is 2.39 bits per heavy atom. The monoisotopic (exact) mass is 526 g/mol. The summed E-state index contributed by atoms with van der Waals surface area (Å²) in [7, 11) is 0. The van der Waals surface area contributed by atoms with Crippen LogP contribution in [0.25, 0.3) is 0 Å². The number of thioether (sulfide) groups is 1. The van der Waals surface area contributed by atoms with Gasteiger partial charge in [0.1, 0.15) is 5.76 Å². The largest absolute Gasteiger partial charge is 0.468 e. The third-order valence-corrected chi connectivity index (χ3v) is 7.33. The van der Waals surface area contributed by atoms with Crippen LogP contribution < -0.4 is 16.0 Å². The number of nitriles is 1. The summed E-state index contributed by atoms with van der Waals surface area (Å²) in [5.41, 5.74) is 6.11. The number of nitrogens with zero attached hydrogens (tertiary/aromatic N) is 1. The van der Waals surface area contributed by atoms with E-state index in [2.05, 4.69) is 22.0 Å². The Morgan fingerprint density at radius 2 is 1.76 bits per heavy atom. The molecular formula is C30H30N4O3S. The Balaban J connectivity index is 1.57. The van der Waals surface area contributed by atoms with Crippen LogP contribution in [0.15, 0.2) is 87.1 Å². The van der Waals surface area contributed by atoms with Crippen molar-refractivity contribution < 1.29 is 14.0 Å². The molecule has 0 radical (unpaired) electrons. The Kier molecular flexibility index (Phi) is 8.39. The molecule has 0 saturated carbocycles. The van der Waals surface area contributed by atoms with E-state index in [0.29, 0.717) is 34.2 Å². The van der Waals surface area contributed by atoms with Crippen molar-refractivity contribution in [3.05, 3.63) is 111 Å². The zero-order chi connectivity index (χ0) is 27.2. The summed E-state index contributed by atoms with van der Waals surface area (Å²) < 4.78 is 5.69. The third kappa shape index (κ3) is 6.01. The molecule has 1 aromatic heterocycles. The Bertz CT molecular complexity index is 1430. The van der Waals surface area contributed by atoms with E-state index in [9.17, 15) is 14.9 Å². The molecule has 2 amide bonds. The van der Waals surface area contributed by atoms with E-state index in [1.165, 1.54) is 18.0 Å². The summed E-state index contributed by atoms with van der Waals surface area (Å²) in [4.78, 5) is 26.2. The number of anilines is 1. The van der Waals surface area contributed by atoms with E-state index in [-0.39, 0.29) is 17.6 Å². The van der Waals surface area contributed by atoms with Gasteiger partial charge in [0.25, 0.3) is 5.91 Å². The van der Waals surface area contributed by atoms with Gasteiger partial charge in [0.2, 0.25) is 5.91 Å². The van der Waals surface area contributed by atoms with Gasteiger partial charge in [-0.25, -0.2) is 0 Å². The zero-order valence-corrected chi connectivity index (χ0v) is 22.7. The molecule has 1 aliphatic rings. The highest BCUT2D eigenvalue weighted by atomic mass is 32.2. The van der Waals surface area contributed by atoms with Gasteiger partial charge < -0.3 is 20.4 Å². The van der Waals surface area contributed by atoms with Crippen LogP contribution in [0.5, 0.6) is 0 Å². The molecule has 1 atom stereocenters. The normalized spacial score (nSPS) is 15.1. The summed E-state index contributed by atoms with van der Waals surface area (Å²) >= 11 is 1.23. The molecular weight excluding hydrogens is 496 g/mol. The van der Waals surface area contributed by atoms with Crippen molar-refractivity contribution in [2.24, 2.45) is 0 Å². The third-order valence-electron chi connectivity index (χ3n) is 6.32. The second-order valence-electron chi connectivity index (χ2n) is 9.25. The fourth-order valence-electron chi connectivity index (χ4n) is 4.61. The van der Waals surface area contributed by atoms with Gasteiger partial charge in [-0.05, 0) is 56.5 Å². The first-order valence-electron chi connectivity index (χ1n) is 12.3. The minimum absolute atomic E-state index is 0.113. The summed E-state index contributed by atoms with van der Waals surface area (Å²) in [6.45, 7) is 8.15. The summed E-state index contributed by atoms with van der Waals surface area (Å²) in [5.74, 6) is -0.588. The second kappa shape index (κ2) is 11.9. The van der Waals surface area contributed by atoms with Crippen molar-refractivity contribution in [3.8, 4) is 6.07 Å². The number of hydrogen-bond donors (Lipinski definition) is 3. The van der Waals surface area contributed by atoms with E-state index in [1.54, 1.807) is 19.1 Å². The van der Waals surface area contributed by atoms with E-state index in [1.807, 2.05) is 63.2 Å². The number of amides is 2. The van der Waals surface area contributed by atoms with Crippen LogP contribution in [0, 0.1) is 32.1 Å². The van der Waals surface area contributed by atoms with Crippen LogP contribution >= 0.6 is 11.8 Å². The molecule has 3 aromatic rings. The molecule has 7 nitrogen and oxygen atoms in total. The first kappa shape index (κ1) is 26.8. The number of benzene rings is 2. The van der Waals surface area contributed by atoms with Crippen molar-refractivity contribution in [2.75, 3.05) is 11.1 Å². The highest BCUT2D eigenvalue weighted by molar-refractivity contribution is 8.03. The van der Waals surface area contributed by atoms with Gasteiger partial charge >= 0.3 is 0 Å². The Morgan fingerprint density at radius 1 is 1.05 bits per heavy atom. The average molecular weight is 527 g/mol. The first-order valence-corrected chi connectivity index (χ1v) is 13.2. The van der Waals surface area contributed by atoms with Gasteiger partial charge in [-0.3, -0.25) is 9.59 Å². The van der Waals surface area contributed by atoms with Crippen LogP contribution in [-0.2, 0) is 16.1 Å². The number of aryl methyl sites for hydroxylation is 3. The van der Waals surface area contributed by atoms with Crippen LogP contribution in [0.3, 0.4) is 0 Å². The molecule has 0 saturated heterocycles. The van der Waals surface area contributed by atoms with Crippen molar-refractivity contribution in [1.82, 2.24) is 10.6 Å². The smallest absolute Gasteiger partial charge is 0.254 e. The van der Waals surface area contributed by atoms with Crippen molar-refractivity contribution in [1.29, 1.82) is 5.26 Å². The first-order chi connectivity index (χ1) is 18.3. The van der Waals surface area contributed by atoms with Crippen molar-refractivity contribution in [3.63, 3.8) is 0 Å². The SMILES string of the molecule is CC1=C(C(=O)Nc2c(C)cc(C)cc2C)C(c2ccco2)C(C#N)=C(SCC(=O)NCc2ccccc2)N1. The standard InChI is InChI=1S/C30H30N4O3S/c1-18-13-19(2)28(20(3)14-18)34-29(36)26-21(4)33-30(23(15-31)27(26)24-11-8-12-37-24)38-17-25(35)32-16-22-9-6-5-7-10-22/h5-14,27,33H,16-17H2,1-4H3,(H,32,35)(H,34,36). The van der Waals surface area contributed by atoms with Gasteiger partial charge in [-0.2, -0.15) is 5.26 Å². The molecule has 0 spiro atoms. The average Bonchev–Trinajstić information content (AvgIpc) is 3.43. The maximum atomic E-state index is 13.7. The lowest BCUT2D eigenvalue weighted by Crippen LogP contribution is -2.31. The molecule has 38 heavy (non-hydrogen) atoms. The summed E-state index contributed by atoms with van der Waals surface area (Å²) in [6.07, 6.45) is 1.52. The maximum Gasteiger partial charge on any atom is 0.254 e. The number of rotatable bonds is 8. The molecule has 0 aliphatic carbocycles. The summed E-state index contributed by atoms with van der Waals surface area (Å²) in [5, 5.41) is 19.9. The van der Waals surface area contributed by atoms with E-state index < -0.39 is 5.92 Å². The van der Waals surface area contributed by atoms with E-state index in [0.717, 1.165) is 27.9 Å². The Labute approximate surface area is 227 Å². The van der Waals surface area contributed by atoms with Gasteiger partial charge in [-0.15, -0.1) is 0 Å². The number of dihydropyridines is 1. The molecule has 3 N–H and O–H groups in total. The predicted octanol–water partition coefficient (Wildman–Crippen LogP) is 5.59. The molecule has 4 rings (SSSR count). The fraction of sp³-hybridized carbons (Fsp3) is 0.233. The molecule has 1 unspecified atom stereocenters. The topological polar surface area (TPSA) is 107 Å². The molecule has 0 bridgehead atoms. The second-order valence-corrected chi connectivity index (χ2v) is 10.2. The van der Waals surface area contributed by atoms with E-state index in [4.69, 9.17) is 4.42 Å². The minimum atomic E-state index is -0.711. The van der Waals surface area contributed by atoms with E-state index >= 15 is 0 Å². The number of nitrogens with one attached hydrogen (secondary N) is 3. The van der Waals surface area contributed by atoms with Crippen LogP contribution in [0.2, 0.25) is 0 Å². The highest BCUT2D eigenvalue weighted by Gasteiger charge is 2.36. The minimum Gasteiger partial charge on any atom is -0.468 e. The summed E-state index contributed by atoms with van der Waals surface area (Å²) in [6, 6.07) is 19.4. The molecule has 0 fully saturated rings. The maximum absolute atomic E-state index is 13.7. The molecule has 8 heteroatoms. The number of carbonyl (C=O) groups is 2. The van der Waals surface area contributed by atoms with Crippen molar-refractivity contribution >= 4 is 29.3 Å². The lowest BCUT2D eigenvalue weighted by molar-refractivity contribution is -0.118. The Hall–Kier alpha value is -4.22. The molecule has 194 valence electrons. The molecule has 2 heterocycles. The lowest BCUT2D eigenvalue weighted by Gasteiger charge is -2.28. The van der Waals surface area contributed by atoms with Crippen LogP contribution in [0.4, 0.5) is 5.69 Å². The molecule has 2 aromatic carbocycles. The van der Waals surface area contributed by atoms with Gasteiger partial charge in [0.05, 0.1) is 40.2 Å². The predicted molar refractivity (Wildman–Crippen MR) is 150 cm³/mol. The number of hydrogen-bond acceptors (Lipinski definition) is 6. The van der Waals surface area contributed by atoms with Gasteiger partial charge in [0, 0.05) is 17.9 Å². The quantitative estimate of drug-likeness (QED) is 0.353. The van der Waals surface area contributed by atoms with Gasteiger partial charge in [-0.1, -0.05) is 59.8 Å². The lowest BCUT2D eigenvalue weighted by atomic mass is 9.85. The van der Waals surface area contributed by atoms with Crippen LogP contribution in [0.1, 0.15) is 40.9 Å². The number of carbonyl (C=O) groups excluding carboxylic acids is 2. The highest BCUT2D eigenvalue weighted by Crippen LogP contribution is 2.41. The van der Waals surface area contributed by atoms with Crippen LogP contribution in [-0.4, -0.2) is 17.6 Å². The number of allylic oxidation sites excluding steroid dienone is 2.